The average molecular weight is 689 g/mol. The summed E-state index contributed by atoms with van der Waals surface area (Å²) in [6.45, 7) is 0. The summed E-state index contributed by atoms with van der Waals surface area (Å²) in [5.41, 5.74) is 15.2. The second-order valence-corrected chi connectivity index (χ2v) is 13.9. The van der Waals surface area contributed by atoms with Crippen LogP contribution in [0.2, 0.25) is 0 Å². The molecule has 0 N–H and O–H groups in total. The van der Waals surface area contributed by atoms with E-state index in [9.17, 15) is 0 Å². The Morgan fingerprint density at radius 1 is 0.370 bits per heavy atom. The van der Waals surface area contributed by atoms with Crippen molar-refractivity contribution >= 4 is 49.3 Å². The predicted molar refractivity (Wildman–Crippen MR) is 225 cm³/mol. The summed E-state index contributed by atoms with van der Waals surface area (Å²) in [5, 5.41) is 5.82. The van der Waals surface area contributed by atoms with Gasteiger partial charge in [-0.05, 0) is 51.4 Å². The van der Waals surface area contributed by atoms with Crippen LogP contribution in [-0.2, 0) is 0 Å². The summed E-state index contributed by atoms with van der Waals surface area (Å²) < 4.78 is 8.68. The van der Waals surface area contributed by atoms with E-state index in [-0.39, 0.29) is 0 Å². The van der Waals surface area contributed by atoms with Crippen LogP contribution in [0, 0.1) is 0 Å². The van der Waals surface area contributed by atoms with Crippen LogP contribution in [0.4, 0.5) is 0 Å². The van der Waals surface area contributed by atoms with Gasteiger partial charge in [0, 0.05) is 38.2 Å². The van der Waals surface area contributed by atoms with Crippen molar-refractivity contribution in [3.05, 3.63) is 194 Å². The molecule has 3 aromatic heterocycles. The molecule has 0 spiro atoms. The molecule has 0 atom stereocenters. The van der Waals surface area contributed by atoms with E-state index in [1.165, 1.54) is 33.0 Å². The van der Waals surface area contributed by atoms with E-state index in [4.69, 9.17) is 9.40 Å². The Bertz CT molecular complexity index is 3170. The fourth-order valence-corrected chi connectivity index (χ4v) is 8.21. The molecule has 8 aromatic carbocycles. The van der Waals surface area contributed by atoms with E-state index in [1.807, 2.05) is 12.1 Å². The van der Waals surface area contributed by atoms with Gasteiger partial charge in [0.1, 0.15) is 16.8 Å². The molecule has 0 aliphatic heterocycles. The second-order valence-electron chi connectivity index (χ2n) is 13.9. The van der Waals surface area contributed by atoms with Crippen molar-refractivity contribution in [3.8, 4) is 55.9 Å². The lowest BCUT2D eigenvalue weighted by Gasteiger charge is -2.13. The molecule has 252 valence electrons. The number of rotatable bonds is 5. The molecular weight excluding hydrogens is 657 g/mol. The number of para-hydroxylation sites is 2. The van der Waals surface area contributed by atoms with Gasteiger partial charge in [-0.2, -0.15) is 0 Å². The number of nitrogens with zero attached hydrogens (tertiary/aromatic N) is 2. The van der Waals surface area contributed by atoms with Crippen LogP contribution in [0.1, 0.15) is 0 Å². The minimum atomic E-state index is 0.917. The molecule has 0 fully saturated rings. The Labute approximate surface area is 312 Å². The monoisotopic (exact) mass is 688 g/mol. The molecule has 0 saturated carbocycles. The Morgan fingerprint density at radius 3 is 1.65 bits per heavy atom. The normalized spacial score (nSPS) is 11.7. The Morgan fingerprint density at radius 2 is 0.926 bits per heavy atom. The first-order valence-corrected chi connectivity index (χ1v) is 18.4. The van der Waals surface area contributed by atoms with Crippen molar-refractivity contribution in [2.45, 2.75) is 0 Å². The molecule has 54 heavy (non-hydrogen) atoms. The maximum Gasteiger partial charge on any atom is 0.146 e. The lowest BCUT2D eigenvalue weighted by Crippen LogP contribution is -1.95. The van der Waals surface area contributed by atoms with E-state index in [0.29, 0.717) is 0 Å². The van der Waals surface area contributed by atoms with Crippen molar-refractivity contribution in [3.63, 3.8) is 0 Å². The number of hydrogen-bond donors (Lipinski definition) is 0. The third kappa shape index (κ3) is 4.79. The van der Waals surface area contributed by atoms with Gasteiger partial charge in [0.15, 0.2) is 0 Å². The fraction of sp³-hybridized carbons (Fsp3) is 0. The third-order valence-electron chi connectivity index (χ3n) is 10.8. The van der Waals surface area contributed by atoms with Crippen molar-refractivity contribution in [1.29, 1.82) is 0 Å². The van der Waals surface area contributed by atoms with E-state index in [2.05, 4.69) is 186 Å². The summed E-state index contributed by atoms with van der Waals surface area (Å²) in [4.78, 5) is 5.36. The first-order valence-electron chi connectivity index (χ1n) is 18.4. The smallest absolute Gasteiger partial charge is 0.146 e. The molecule has 0 aliphatic rings. The quantitative estimate of drug-likeness (QED) is 0.169. The van der Waals surface area contributed by atoms with Crippen LogP contribution >= 0.6 is 0 Å². The lowest BCUT2D eigenvalue weighted by molar-refractivity contribution is 0.670. The predicted octanol–water partition coefficient (Wildman–Crippen LogP) is 13.9. The zero-order valence-corrected chi connectivity index (χ0v) is 29.3. The summed E-state index contributed by atoms with van der Waals surface area (Å²) in [7, 11) is 0. The number of aromatic nitrogens is 2. The zero-order chi connectivity index (χ0) is 35.6. The van der Waals surface area contributed by atoms with Gasteiger partial charge < -0.3 is 4.42 Å². The van der Waals surface area contributed by atoms with Crippen LogP contribution in [0.5, 0.6) is 0 Å². The van der Waals surface area contributed by atoms with Crippen LogP contribution in [0.25, 0.3) is 105 Å². The molecule has 11 aromatic rings. The van der Waals surface area contributed by atoms with Gasteiger partial charge in [0.05, 0.1) is 16.9 Å². The van der Waals surface area contributed by atoms with Crippen molar-refractivity contribution < 1.29 is 4.42 Å². The summed E-state index contributed by atoms with van der Waals surface area (Å²) in [6, 6.07) is 69.1. The number of hydrogen-bond acceptors (Lipinski definition) is 2. The highest BCUT2D eigenvalue weighted by Crippen LogP contribution is 2.41. The highest BCUT2D eigenvalue weighted by atomic mass is 16.3. The minimum absolute atomic E-state index is 0.917. The molecule has 0 saturated heterocycles. The zero-order valence-electron chi connectivity index (χ0n) is 29.3. The van der Waals surface area contributed by atoms with Crippen LogP contribution in [0.15, 0.2) is 199 Å². The molecule has 3 heterocycles. The molecule has 0 aliphatic carbocycles. The molecule has 0 bridgehead atoms. The summed E-state index contributed by atoms with van der Waals surface area (Å²) >= 11 is 0. The standard InChI is InChI=1S/C51H32N2O/c1-3-12-37(13-4-1)48-49(38-14-5-2-6-15-38)53-46-31-30-39(32-45(46)41-16-7-8-18-44(41)51(53)52-48)35-24-22-33(23-25-35)34-26-28-36(29-27-34)40-19-11-20-43-42-17-9-10-21-47(42)54-50(40)43/h1-32H. The number of benzene rings is 8. The SMILES string of the molecule is c1ccc(-c2nc3c4ccccc4c4cc(-c5ccc(-c6ccc(-c7cccc8c7oc7ccccc78)cc6)cc5)ccc4n3c2-c2ccccc2)cc1. The van der Waals surface area contributed by atoms with Gasteiger partial charge in [0.25, 0.3) is 0 Å². The maximum absolute atomic E-state index is 6.32. The fourth-order valence-electron chi connectivity index (χ4n) is 8.21. The van der Waals surface area contributed by atoms with Crippen molar-refractivity contribution in [2.24, 2.45) is 0 Å². The van der Waals surface area contributed by atoms with Gasteiger partial charge in [-0.25, -0.2) is 4.98 Å². The van der Waals surface area contributed by atoms with E-state index >= 15 is 0 Å². The average Bonchev–Trinajstić information content (AvgIpc) is 3.85. The first-order chi connectivity index (χ1) is 26.8. The number of imidazole rings is 1. The topological polar surface area (TPSA) is 30.4 Å². The van der Waals surface area contributed by atoms with Crippen LogP contribution in [0.3, 0.4) is 0 Å². The van der Waals surface area contributed by atoms with Crippen molar-refractivity contribution in [1.82, 2.24) is 9.38 Å². The maximum atomic E-state index is 6.32. The van der Waals surface area contributed by atoms with Gasteiger partial charge in [-0.1, -0.05) is 176 Å². The molecule has 3 heteroatoms. The van der Waals surface area contributed by atoms with E-state index < -0.39 is 0 Å². The summed E-state index contributed by atoms with van der Waals surface area (Å²) in [6.07, 6.45) is 0. The Kier molecular flexibility index (Phi) is 6.86. The second kappa shape index (κ2) is 12.2. The third-order valence-corrected chi connectivity index (χ3v) is 10.8. The molecule has 3 nitrogen and oxygen atoms in total. The lowest BCUT2D eigenvalue weighted by atomic mass is 9.96. The molecule has 0 amide bonds. The van der Waals surface area contributed by atoms with Crippen LogP contribution < -0.4 is 0 Å². The van der Waals surface area contributed by atoms with Gasteiger partial charge in [-0.15, -0.1) is 0 Å². The van der Waals surface area contributed by atoms with E-state index in [1.54, 1.807) is 0 Å². The molecule has 0 unspecified atom stereocenters. The molecular formula is C51H32N2O. The number of furan rings is 1. The van der Waals surface area contributed by atoms with Crippen molar-refractivity contribution in [2.75, 3.05) is 0 Å². The highest BCUT2D eigenvalue weighted by Gasteiger charge is 2.21. The van der Waals surface area contributed by atoms with Crippen LogP contribution in [-0.4, -0.2) is 9.38 Å². The minimum Gasteiger partial charge on any atom is -0.455 e. The molecule has 0 radical (unpaired) electrons. The number of pyridine rings is 1. The van der Waals surface area contributed by atoms with Gasteiger partial charge >= 0.3 is 0 Å². The van der Waals surface area contributed by atoms with E-state index in [0.717, 1.165) is 72.1 Å². The Balaban J connectivity index is 0.994. The first kappa shape index (κ1) is 30.4. The van der Waals surface area contributed by atoms with Gasteiger partial charge in [0.2, 0.25) is 0 Å². The Hall–Kier alpha value is -7.23. The highest BCUT2D eigenvalue weighted by molar-refractivity contribution is 6.14. The largest absolute Gasteiger partial charge is 0.455 e. The summed E-state index contributed by atoms with van der Waals surface area (Å²) in [5.74, 6) is 0. The molecule has 11 rings (SSSR count). The number of fused-ring (bicyclic) bond motifs is 9. The van der Waals surface area contributed by atoms with Gasteiger partial charge in [-0.3, -0.25) is 4.40 Å².